The van der Waals surface area contributed by atoms with Gasteiger partial charge in [-0.05, 0) is 24.8 Å². The van der Waals surface area contributed by atoms with Crippen LogP contribution in [-0.2, 0) is 0 Å². The molecular formula is C14H17N3O2. The quantitative estimate of drug-likeness (QED) is 0.817. The number of aromatic nitrogens is 2. The second-order valence-corrected chi connectivity index (χ2v) is 5.40. The highest BCUT2D eigenvalue weighted by molar-refractivity contribution is 6.07. The van der Waals surface area contributed by atoms with E-state index in [2.05, 4.69) is 16.9 Å². The number of aryl methyl sites for hydroxylation is 1. The lowest BCUT2D eigenvalue weighted by molar-refractivity contribution is 0.0790. The first-order valence-electron chi connectivity index (χ1n) is 6.56. The van der Waals surface area contributed by atoms with Gasteiger partial charge in [-0.3, -0.25) is 9.59 Å². The van der Waals surface area contributed by atoms with Gasteiger partial charge in [0, 0.05) is 25.5 Å². The van der Waals surface area contributed by atoms with Gasteiger partial charge in [0.1, 0.15) is 0 Å². The molecule has 19 heavy (non-hydrogen) atoms. The summed E-state index contributed by atoms with van der Waals surface area (Å²) in [5.74, 6) is 0.487. The van der Waals surface area contributed by atoms with Crippen molar-refractivity contribution in [2.24, 2.45) is 5.92 Å². The third-order valence-electron chi connectivity index (χ3n) is 3.86. The fraction of sp³-hybridized carbons (Fsp3) is 0.429. The van der Waals surface area contributed by atoms with Crippen LogP contribution in [-0.4, -0.2) is 33.9 Å². The molecule has 1 unspecified atom stereocenters. The largest absolute Gasteiger partial charge is 0.360 e. The minimum atomic E-state index is -0.211. The van der Waals surface area contributed by atoms with Crippen molar-refractivity contribution >= 4 is 16.8 Å². The highest BCUT2D eigenvalue weighted by Gasteiger charge is 2.26. The number of rotatable bonds is 1. The van der Waals surface area contributed by atoms with E-state index >= 15 is 0 Å². The van der Waals surface area contributed by atoms with Gasteiger partial charge in [-0.1, -0.05) is 6.92 Å². The highest BCUT2D eigenvalue weighted by atomic mass is 16.2. The monoisotopic (exact) mass is 259 g/mol. The van der Waals surface area contributed by atoms with Crippen LogP contribution in [0.15, 0.2) is 17.2 Å². The Morgan fingerprint density at radius 1 is 1.37 bits per heavy atom. The van der Waals surface area contributed by atoms with E-state index in [9.17, 15) is 9.59 Å². The summed E-state index contributed by atoms with van der Waals surface area (Å²) in [5.41, 5.74) is 1.95. The maximum absolute atomic E-state index is 12.5. The Kier molecular flexibility index (Phi) is 2.69. The molecule has 2 N–H and O–H groups in total. The lowest BCUT2D eigenvalue weighted by Crippen LogP contribution is -2.29. The number of carbonyl (C=O) groups excluding carboxylic acids is 1. The van der Waals surface area contributed by atoms with Crippen molar-refractivity contribution in [2.75, 3.05) is 13.1 Å². The molecule has 5 heteroatoms. The third-order valence-corrected chi connectivity index (χ3v) is 3.86. The van der Waals surface area contributed by atoms with Crippen LogP contribution in [0.3, 0.4) is 0 Å². The molecule has 0 aliphatic carbocycles. The molecule has 3 rings (SSSR count). The summed E-state index contributed by atoms with van der Waals surface area (Å²) >= 11 is 0. The summed E-state index contributed by atoms with van der Waals surface area (Å²) in [6.45, 7) is 5.59. The Bertz CT molecular complexity index is 698. The zero-order chi connectivity index (χ0) is 13.6. The van der Waals surface area contributed by atoms with Gasteiger partial charge in [-0.15, -0.1) is 0 Å². The minimum Gasteiger partial charge on any atom is -0.360 e. The normalized spacial score (nSPS) is 19.3. The van der Waals surface area contributed by atoms with Crippen LogP contribution < -0.4 is 5.56 Å². The summed E-state index contributed by atoms with van der Waals surface area (Å²) < 4.78 is 0. The number of amides is 1. The molecule has 1 amide bonds. The van der Waals surface area contributed by atoms with Gasteiger partial charge in [0.15, 0.2) is 0 Å². The molecule has 0 saturated carbocycles. The molecule has 0 spiro atoms. The number of hydrogen-bond acceptors (Lipinski definition) is 2. The topological polar surface area (TPSA) is 69.0 Å². The third kappa shape index (κ3) is 1.85. The van der Waals surface area contributed by atoms with E-state index in [0.29, 0.717) is 16.9 Å². The van der Waals surface area contributed by atoms with Gasteiger partial charge >= 0.3 is 0 Å². The molecule has 1 atom stereocenters. The van der Waals surface area contributed by atoms with E-state index in [1.54, 1.807) is 12.4 Å². The zero-order valence-corrected chi connectivity index (χ0v) is 11.1. The van der Waals surface area contributed by atoms with Gasteiger partial charge in [0.2, 0.25) is 0 Å². The number of nitrogens with zero attached hydrogens (tertiary/aromatic N) is 1. The van der Waals surface area contributed by atoms with E-state index in [1.807, 2.05) is 11.8 Å². The van der Waals surface area contributed by atoms with Crippen LogP contribution in [0.2, 0.25) is 0 Å². The van der Waals surface area contributed by atoms with Gasteiger partial charge in [-0.25, -0.2) is 0 Å². The number of aromatic amines is 2. The highest BCUT2D eigenvalue weighted by Crippen LogP contribution is 2.22. The van der Waals surface area contributed by atoms with Crippen LogP contribution in [0.5, 0.6) is 0 Å². The Hall–Kier alpha value is -2.04. The minimum absolute atomic E-state index is 0.0494. The number of likely N-dealkylation sites (tertiary alicyclic amines) is 1. The van der Waals surface area contributed by atoms with Gasteiger partial charge < -0.3 is 14.9 Å². The first-order valence-corrected chi connectivity index (χ1v) is 6.56. The van der Waals surface area contributed by atoms with E-state index in [4.69, 9.17) is 0 Å². The SMILES string of the molecule is Cc1c[nH]c(=O)c2c(C(=O)N3CCC(C)C3)c[nH]c12. The number of hydrogen-bond donors (Lipinski definition) is 2. The zero-order valence-electron chi connectivity index (χ0n) is 11.1. The lowest BCUT2D eigenvalue weighted by Gasteiger charge is -2.14. The number of carbonyl (C=O) groups is 1. The Morgan fingerprint density at radius 2 is 2.16 bits per heavy atom. The molecule has 1 fully saturated rings. The van der Waals surface area contributed by atoms with Gasteiger partial charge in [0.25, 0.3) is 11.5 Å². The first kappa shape index (κ1) is 12.0. The average Bonchev–Trinajstić information content (AvgIpc) is 3.00. The maximum Gasteiger partial charge on any atom is 0.258 e. The average molecular weight is 259 g/mol. The predicted molar refractivity (Wildman–Crippen MR) is 73.3 cm³/mol. The molecule has 1 saturated heterocycles. The second kappa shape index (κ2) is 4.26. The van der Waals surface area contributed by atoms with Crippen LogP contribution in [0.25, 0.3) is 10.9 Å². The van der Waals surface area contributed by atoms with Crippen molar-refractivity contribution in [1.29, 1.82) is 0 Å². The smallest absolute Gasteiger partial charge is 0.258 e. The van der Waals surface area contributed by atoms with Crippen LogP contribution in [0.4, 0.5) is 0 Å². The van der Waals surface area contributed by atoms with Crippen LogP contribution in [0.1, 0.15) is 29.3 Å². The molecule has 1 aliphatic heterocycles. The van der Waals surface area contributed by atoms with E-state index < -0.39 is 0 Å². The van der Waals surface area contributed by atoms with Crippen molar-refractivity contribution in [3.63, 3.8) is 0 Å². The fourth-order valence-corrected chi connectivity index (χ4v) is 2.75. The fourth-order valence-electron chi connectivity index (χ4n) is 2.75. The molecule has 100 valence electrons. The summed E-state index contributed by atoms with van der Waals surface area (Å²) in [7, 11) is 0. The van der Waals surface area contributed by atoms with E-state index in [1.165, 1.54) is 0 Å². The number of nitrogens with one attached hydrogen (secondary N) is 2. The van der Waals surface area contributed by atoms with Gasteiger partial charge in [-0.2, -0.15) is 0 Å². The maximum atomic E-state index is 12.5. The van der Waals surface area contributed by atoms with Crippen LogP contribution in [0, 0.1) is 12.8 Å². The molecule has 2 aromatic heterocycles. The molecular weight excluding hydrogens is 242 g/mol. The van der Waals surface area contributed by atoms with E-state index in [0.717, 1.165) is 30.6 Å². The van der Waals surface area contributed by atoms with Crippen molar-refractivity contribution in [2.45, 2.75) is 20.3 Å². The summed E-state index contributed by atoms with van der Waals surface area (Å²) in [4.78, 5) is 32.0. The predicted octanol–water partition coefficient (Wildman–Crippen LogP) is 1.65. The Labute approximate surface area is 110 Å². The Balaban J connectivity index is 2.09. The first-order chi connectivity index (χ1) is 9.08. The molecule has 5 nitrogen and oxygen atoms in total. The van der Waals surface area contributed by atoms with Crippen molar-refractivity contribution in [1.82, 2.24) is 14.9 Å². The summed E-state index contributed by atoms with van der Waals surface area (Å²) in [5, 5.41) is 0.476. The Morgan fingerprint density at radius 3 is 2.84 bits per heavy atom. The standard InChI is InChI=1S/C14H17N3O2/c1-8-3-4-17(7-8)14(19)10-6-15-12-9(2)5-16-13(18)11(10)12/h5-6,8,15H,3-4,7H2,1-2H3,(H,16,18). The lowest BCUT2D eigenvalue weighted by atomic mass is 10.1. The molecule has 0 bridgehead atoms. The summed E-state index contributed by atoms with van der Waals surface area (Å²) in [6.07, 6.45) is 4.34. The van der Waals surface area contributed by atoms with E-state index in [-0.39, 0.29) is 11.5 Å². The van der Waals surface area contributed by atoms with Crippen molar-refractivity contribution in [3.8, 4) is 0 Å². The van der Waals surface area contributed by atoms with Crippen molar-refractivity contribution < 1.29 is 4.79 Å². The molecule has 0 radical (unpaired) electrons. The molecule has 3 heterocycles. The van der Waals surface area contributed by atoms with Crippen LogP contribution >= 0.6 is 0 Å². The molecule has 2 aromatic rings. The van der Waals surface area contributed by atoms with Crippen molar-refractivity contribution in [3.05, 3.63) is 33.9 Å². The second-order valence-electron chi connectivity index (χ2n) is 5.40. The van der Waals surface area contributed by atoms with Gasteiger partial charge in [0.05, 0.1) is 16.5 Å². The molecule has 1 aliphatic rings. The molecule has 0 aromatic carbocycles. The number of pyridine rings is 1. The number of H-pyrrole nitrogens is 2. The number of fused-ring (bicyclic) bond motifs is 1. The summed E-state index contributed by atoms with van der Waals surface area (Å²) in [6, 6.07) is 0.